The summed E-state index contributed by atoms with van der Waals surface area (Å²) in [6.07, 6.45) is 4.13. The van der Waals surface area contributed by atoms with Crippen LogP contribution in [0.5, 0.6) is 0 Å². The first-order valence-corrected chi connectivity index (χ1v) is 8.19. The lowest BCUT2D eigenvalue weighted by atomic mass is 10.1. The van der Waals surface area contributed by atoms with Crippen molar-refractivity contribution < 1.29 is 9.32 Å². The lowest BCUT2D eigenvalue weighted by Gasteiger charge is -2.15. The average Bonchev–Trinajstić information content (AvgIpc) is 3.34. The fraction of sp³-hybridized carbons (Fsp3) is 0.353. The van der Waals surface area contributed by atoms with Crippen molar-refractivity contribution in [3.05, 3.63) is 53.6 Å². The quantitative estimate of drug-likeness (QED) is 0.724. The highest BCUT2D eigenvalue weighted by atomic mass is 16.5. The molecule has 3 aromatic heterocycles. The molecule has 0 aliphatic carbocycles. The van der Waals surface area contributed by atoms with Gasteiger partial charge >= 0.3 is 0 Å². The van der Waals surface area contributed by atoms with Gasteiger partial charge in [-0.25, -0.2) is 9.67 Å². The number of carbonyl (C=O) groups excluding carboxylic acids is 1. The van der Waals surface area contributed by atoms with Gasteiger partial charge in [0, 0.05) is 19.3 Å². The van der Waals surface area contributed by atoms with Crippen LogP contribution in [-0.4, -0.2) is 48.8 Å². The van der Waals surface area contributed by atoms with Gasteiger partial charge in [-0.2, -0.15) is 10.1 Å². The molecule has 1 aliphatic rings. The van der Waals surface area contributed by atoms with Crippen LogP contribution in [0.1, 0.15) is 40.1 Å². The fourth-order valence-electron chi connectivity index (χ4n) is 3.13. The minimum atomic E-state index is -0.0292. The Hall–Kier alpha value is -3.03. The summed E-state index contributed by atoms with van der Waals surface area (Å²) in [5, 5.41) is 8.16. The Morgan fingerprint density at radius 3 is 2.92 bits per heavy atom. The molecule has 1 saturated heterocycles. The summed E-state index contributed by atoms with van der Waals surface area (Å²) in [7, 11) is 0. The van der Waals surface area contributed by atoms with Crippen LogP contribution in [0.15, 0.2) is 35.1 Å². The summed E-state index contributed by atoms with van der Waals surface area (Å²) in [6, 6.07) is 5.60. The molecule has 1 aliphatic heterocycles. The number of amides is 1. The zero-order valence-corrected chi connectivity index (χ0v) is 14.1. The molecule has 1 atom stereocenters. The zero-order valence-electron chi connectivity index (χ0n) is 14.1. The summed E-state index contributed by atoms with van der Waals surface area (Å²) in [4.78, 5) is 23.3. The van der Waals surface area contributed by atoms with Gasteiger partial charge in [0.2, 0.25) is 5.89 Å². The molecular weight excluding hydrogens is 320 g/mol. The van der Waals surface area contributed by atoms with Crippen molar-refractivity contribution in [2.45, 2.75) is 26.2 Å². The third kappa shape index (κ3) is 2.79. The van der Waals surface area contributed by atoms with E-state index in [1.807, 2.05) is 30.0 Å². The Bertz CT molecular complexity index is 901. The van der Waals surface area contributed by atoms with E-state index < -0.39 is 0 Å². The Kier molecular flexibility index (Phi) is 3.79. The smallest absolute Gasteiger partial charge is 0.257 e. The number of pyridine rings is 1. The van der Waals surface area contributed by atoms with Crippen molar-refractivity contribution in [1.82, 2.24) is 29.8 Å². The van der Waals surface area contributed by atoms with Crippen LogP contribution in [-0.2, 0) is 0 Å². The maximum absolute atomic E-state index is 12.9. The Labute approximate surface area is 144 Å². The molecule has 1 unspecified atom stereocenters. The van der Waals surface area contributed by atoms with E-state index in [4.69, 9.17) is 4.52 Å². The second-order valence-electron chi connectivity index (χ2n) is 6.16. The molecule has 4 heterocycles. The van der Waals surface area contributed by atoms with Crippen LogP contribution in [0.4, 0.5) is 0 Å². The van der Waals surface area contributed by atoms with E-state index in [1.54, 1.807) is 24.0 Å². The summed E-state index contributed by atoms with van der Waals surface area (Å²) in [5.74, 6) is 1.98. The summed E-state index contributed by atoms with van der Waals surface area (Å²) in [5.41, 5.74) is 1.37. The maximum Gasteiger partial charge on any atom is 0.257 e. The number of rotatable bonds is 3. The first kappa shape index (κ1) is 15.5. The number of aromatic nitrogens is 5. The molecule has 1 fully saturated rings. The van der Waals surface area contributed by atoms with Gasteiger partial charge in [0.05, 0.1) is 23.4 Å². The molecule has 1 amide bonds. The van der Waals surface area contributed by atoms with Gasteiger partial charge in [-0.3, -0.25) is 4.79 Å². The van der Waals surface area contributed by atoms with E-state index in [2.05, 4.69) is 20.2 Å². The lowest BCUT2D eigenvalue weighted by molar-refractivity contribution is 0.0789. The molecule has 25 heavy (non-hydrogen) atoms. The van der Waals surface area contributed by atoms with E-state index in [0.29, 0.717) is 36.2 Å². The molecule has 3 aromatic rings. The molecule has 0 saturated carbocycles. The summed E-state index contributed by atoms with van der Waals surface area (Å²) < 4.78 is 6.93. The van der Waals surface area contributed by atoms with E-state index in [0.717, 1.165) is 12.1 Å². The van der Waals surface area contributed by atoms with Crippen LogP contribution < -0.4 is 0 Å². The van der Waals surface area contributed by atoms with Crippen molar-refractivity contribution in [3.8, 4) is 5.82 Å². The standard InChI is InChI=1S/C17H18N6O2/c1-11-14(9-19-23(11)15-5-3-4-7-18-15)17(24)22-8-6-13(10-22)16-20-12(2)21-25-16/h3-5,7,9,13H,6,8,10H2,1-2H3. The highest BCUT2D eigenvalue weighted by Gasteiger charge is 2.32. The second kappa shape index (κ2) is 6.12. The summed E-state index contributed by atoms with van der Waals surface area (Å²) in [6.45, 7) is 4.91. The van der Waals surface area contributed by atoms with Crippen LogP contribution in [0, 0.1) is 13.8 Å². The van der Waals surface area contributed by atoms with E-state index >= 15 is 0 Å². The molecule has 0 aromatic carbocycles. The second-order valence-corrected chi connectivity index (χ2v) is 6.16. The number of hydrogen-bond donors (Lipinski definition) is 0. The van der Waals surface area contributed by atoms with Gasteiger partial charge in [0.25, 0.3) is 5.91 Å². The Morgan fingerprint density at radius 2 is 2.20 bits per heavy atom. The Balaban J connectivity index is 1.53. The van der Waals surface area contributed by atoms with Gasteiger partial charge < -0.3 is 9.42 Å². The molecule has 128 valence electrons. The maximum atomic E-state index is 12.9. The molecule has 8 heteroatoms. The third-order valence-corrected chi connectivity index (χ3v) is 4.47. The molecule has 0 radical (unpaired) electrons. The predicted octanol–water partition coefficient (Wildman–Crippen LogP) is 1.90. The molecular formula is C17H18N6O2. The van der Waals surface area contributed by atoms with Crippen LogP contribution in [0.3, 0.4) is 0 Å². The van der Waals surface area contributed by atoms with E-state index in [9.17, 15) is 4.79 Å². The highest BCUT2D eigenvalue weighted by Crippen LogP contribution is 2.27. The van der Waals surface area contributed by atoms with E-state index in [-0.39, 0.29) is 11.8 Å². The van der Waals surface area contributed by atoms with Gasteiger partial charge in [0.1, 0.15) is 0 Å². The average molecular weight is 338 g/mol. The Morgan fingerprint density at radius 1 is 1.32 bits per heavy atom. The van der Waals surface area contributed by atoms with Crippen molar-refractivity contribution in [2.24, 2.45) is 0 Å². The minimum Gasteiger partial charge on any atom is -0.339 e. The third-order valence-electron chi connectivity index (χ3n) is 4.47. The highest BCUT2D eigenvalue weighted by molar-refractivity contribution is 5.95. The van der Waals surface area contributed by atoms with Crippen molar-refractivity contribution in [2.75, 3.05) is 13.1 Å². The van der Waals surface area contributed by atoms with Crippen molar-refractivity contribution in [3.63, 3.8) is 0 Å². The van der Waals surface area contributed by atoms with Gasteiger partial charge in [-0.05, 0) is 32.4 Å². The fourth-order valence-corrected chi connectivity index (χ4v) is 3.13. The van der Waals surface area contributed by atoms with Gasteiger partial charge in [-0.1, -0.05) is 11.2 Å². The number of carbonyl (C=O) groups is 1. The summed E-state index contributed by atoms with van der Waals surface area (Å²) >= 11 is 0. The topological polar surface area (TPSA) is 89.9 Å². The minimum absolute atomic E-state index is 0.0292. The molecule has 4 rings (SSSR count). The molecule has 0 N–H and O–H groups in total. The number of hydrogen-bond acceptors (Lipinski definition) is 6. The molecule has 0 spiro atoms. The van der Waals surface area contributed by atoms with Gasteiger partial charge in [-0.15, -0.1) is 0 Å². The number of likely N-dealkylation sites (tertiary alicyclic amines) is 1. The predicted molar refractivity (Wildman–Crippen MR) is 88.4 cm³/mol. The lowest BCUT2D eigenvalue weighted by Crippen LogP contribution is -2.28. The van der Waals surface area contributed by atoms with Crippen LogP contribution in [0.2, 0.25) is 0 Å². The number of aryl methyl sites for hydroxylation is 1. The largest absolute Gasteiger partial charge is 0.339 e. The van der Waals surface area contributed by atoms with Crippen molar-refractivity contribution >= 4 is 5.91 Å². The van der Waals surface area contributed by atoms with Crippen molar-refractivity contribution in [1.29, 1.82) is 0 Å². The van der Waals surface area contributed by atoms with Gasteiger partial charge in [0.15, 0.2) is 11.6 Å². The SMILES string of the molecule is Cc1noc(C2CCN(C(=O)c3cnn(-c4ccccn4)c3C)C2)n1. The van der Waals surface area contributed by atoms with Crippen LogP contribution in [0.25, 0.3) is 5.82 Å². The van der Waals surface area contributed by atoms with Crippen LogP contribution >= 0.6 is 0 Å². The monoisotopic (exact) mass is 338 g/mol. The molecule has 0 bridgehead atoms. The normalized spacial score (nSPS) is 17.2. The first-order chi connectivity index (χ1) is 12.1. The molecule has 8 nitrogen and oxygen atoms in total. The number of nitrogens with zero attached hydrogens (tertiary/aromatic N) is 6. The first-order valence-electron chi connectivity index (χ1n) is 8.19. The van der Waals surface area contributed by atoms with E-state index in [1.165, 1.54) is 0 Å². The zero-order chi connectivity index (χ0) is 17.4.